The number of nitrogens with zero attached hydrogens (tertiary/aromatic N) is 1. The van der Waals surface area contributed by atoms with Crippen LogP contribution >= 0.6 is 11.6 Å². The molecule has 0 aliphatic carbocycles. The lowest BCUT2D eigenvalue weighted by molar-refractivity contribution is 0.350. The Balaban J connectivity index is 2.45. The molecule has 3 nitrogen and oxygen atoms in total. The molecule has 0 spiro atoms. The number of aromatic nitrogens is 1. The number of pyridine rings is 1. The molecule has 0 fully saturated rings. The van der Waals surface area contributed by atoms with Crippen LogP contribution in [-0.4, -0.2) is 18.1 Å². The molecule has 0 radical (unpaired) electrons. The van der Waals surface area contributed by atoms with Crippen LogP contribution in [0.5, 0.6) is 5.75 Å². The third-order valence-corrected chi connectivity index (χ3v) is 2.38. The van der Waals surface area contributed by atoms with Gasteiger partial charge in [-0.2, -0.15) is 0 Å². The lowest BCUT2D eigenvalue weighted by Gasteiger charge is -2.06. The molecule has 0 unspecified atom stereocenters. The normalized spacial score (nSPS) is 11.6. The van der Waals surface area contributed by atoms with Crippen molar-refractivity contribution in [3.63, 3.8) is 0 Å². The van der Waals surface area contributed by atoms with Crippen molar-refractivity contribution in [2.24, 2.45) is 0 Å². The van der Waals surface area contributed by atoms with Crippen molar-refractivity contribution in [3.8, 4) is 5.75 Å². The second kappa shape index (κ2) is 7.25. The minimum Gasteiger partial charge on any atom is -0.488 e. The summed E-state index contributed by atoms with van der Waals surface area (Å²) in [5.74, 6) is 0.762. The van der Waals surface area contributed by atoms with Crippen LogP contribution in [0.2, 0.25) is 0 Å². The van der Waals surface area contributed by atoms with Gasteiger partial charge >= 0.3 is 0 Å². The predicted molar refractivity (Wildman–Crippen MR) is 66.7 cm³/mol. The van der Waals surface area contributed by atoms with Gasteiger partial charge in [-0.1, -0.05) is 18.5 Å². The monoisotopic (exact) mass is 240 g/mol. The van der Waals surface area contributed by atoms with E-state index in [0.717, 1.165) is 30.1 Å². The molecule has 1 rings (SSSR count). The maximum atomic E-state index is 5.53. The van der Waals surface area contributed by atoms with Crippen molar-refractivity contribution < 1.29 is 4.74 Å². The van der Waals surface area contributed by atoms with Gasteiger partial charge in [0.15, 0.2) is 0 Å². The van der Waals surface area contributed by atoms with E-state index in [0.29, 0.717) is 6.61 Å². The highest BCUT2D eigenvalue weighted by Gasteiger charge is 1.97. The minimum atomic E-state index is 0.498. The zero-order valence-corrected chi connectivity index (χ0v) is 10.4. The molecule has 16 heavy (non-hydrogen) atoms. The summed E-state index contributed by atoms with van der Waals surface area (Å²) in [7, 11) is 0. The fraction of sp³-hybridized carbons (Fsp3) is 0.417. The van der Waals surface area contributed by atoms with Crippen molar-refractivity contribution in [1.82, 2.24) is 10.3 Å². The van der Waals surface area contributed by atoms with E-state index in [4.69, 9.17) is 16.3 Å². The van der Waals surface area contributed by atoms with E-state index >= 15 is 0 Å². The standard InChI is InChI=1S/C12H17ClN2O/c1-3-14-7-11-4-5-12(8-15-11)16-9-10(2)6-13/h4-6,8,14H,3,7,9H2,1-2H3/b10-6+. The Labute approximate surface area is 101 Å². The first-order valence-corrected chi connectivity index (χ1v) is 5.74. The summed E-state index contributed by atoms with van der Waals surface area (Å²) in [4.78, 5) is 4.28. The molecule has 0 amide bonds. The van der Waals surface area contributed by atoms with Gasteiger partial charge in [-0.3, -0.25) is 4.98 Å². The van der Waals surface area contributed by atoms with Gasteiger partial charge in [-0.25, -0.2) is 0 Å². The van der Waals surface area contributed by atoms with Gasteiger partial charge < -0.3 is 10.1 Å². The van der Waals surface area contributed by atoms with Crippen molar-refractivity contribution in [1.29, 1.82) is 0 Å². The molecule has 1 heterocycles. The maximum Gasteiger partial charge on any atom is 0.138 e. The first-order valence-electron chi connectivity index (χ1n) is 5.30. The third kappa shape index (κ3) is 4.64. The molecular formula is C12H17ClN2O. The first kappa shape index (κ1) is 13.0. The van der Waals surface area contributed by atoms with E-state index in [1.54, 1.807) is 6.20 Å². The van der Waals surface area contributed by atoms with Crippen LogP contribution < -0.4 is 10.1 Å². The lowest BCUT2D eigenvalue weighted by Crippen LogP contribution is -2.12. The quantitative estimate of drug-likeness (QED) is 0.830. The smallest absolute Gasteiger partial charge is 0.138 e. The molecule has 0 aromatic carbocycles. The van der Waals surface area contributed by atoms with Crippen LogP contribution in [-0.2, 0) is 6.54 Å². The zero-order valence-electron chi connectivity index (χ0n) is 9.66. The van der Waals surface area contributed by atoms with Crippen LogP contribution in [0.3, 0.4) is 0 Å². The highest BCUT2D eigenvalue weighted by molar-refractivity contribution is 6.25. The fourth-order valence-corrected chi connectivity index (χ4v) is 1.15. The molecule has 1 aromatic rings. The summed E-state index contributed by atoms with van der Waals surface area (Å²) in [5.41, 5.74) is 3.52. The molecule has 0 saturated heterocycles. The molecule has 0 saturated carbocycles. The van der Waals surface area contributed by atoms with Gasteiger partial charge in [0.25, 0.3) is 0 Å². The number of hydrogen-bond donors (Lipinski definition) is 1. The average Bonchev–Trinajstić information content (AvgIpc) is 2.34. The second-order valence-electron chi connectivity index (χ2n) is 3.51. The topological polar surface area (TPSA) is 34.1 Å². The van der Waals surface area contributed by atoms with E-state index in [9.17, 15) is 0 Å². The number of ether oxygens (including phenoxy) is 1. The van der Waals surface area contributed by atoms with Crippen LogP contribution in [0.25, 0.3) is 0 Å². The molecule has 0 aliphatic heterocycles. The molecule has 0 aliphatic rings. The minimum absolute atomic E-state index is 0.498. The molecule has 4 heteroatoms. The summed E-state index contributed by atoms with van der Waals surface area (Å²) in [6.45, 7) is 6.22. The Bertz CT molecular complexity index is 335. The Morgan fingerprint density at radius 3 is 2.94 bits per heavy atom. The number of nitrogens with one attached hydrogen (secondary N) is 1. The van der Waals surface area contributed by atoms with Crippen molar-refractivity contribution in [2.75, 3.05) is 13.2 Å². The molecule has 0 atom stereocenters. The number of rotatable bonds is 6. The maximum absolute atomic E-state index is 5.53. The Morgan fingerprint density at radius 2 is 2.38 bits per heavy atom. The van der Waals surface area contributed by atoms with Crippen LogP contribution in [0.1, 0.15) is 19.5 Å². The number of hydrogen-bond acceptors (Lipinski definition) is 3. The highest BCUT2D eigenvalue weighted by Crippen LogP contribution is 2.10. The summed E-state index contributed by atoms with van der Waals surface area (Å²) in [6, 6.07) is 3.87. The zero-order chi connectivity index (χ0) is 11.8. The van der Waals surface area contributed by atoms with Gasteiger partial charge in [0.05, 0.1) is 11.9 Å². The Kier molecular flexibility index (Phi) is 5.90. The second-order valence-corrected chi connectivity index (χ2v) is 3.73. The predicted octanol–water partition coefficient (Wildman–Crippen LogP) is 2.71. The van der Waals surface area contributed by atoms with E-state index in [1.807, 2.05) is 19.1 Å². The van der Waals surface area contributed by atoms with E-state index < -0.39 is 0 Å². The van der Waals surface area contributed by atoms with E-state index in [1.165, 1.54) is 5.54 Å². The third-order valence-electron chi connectivity index (χ3n) is 2.01. The van der Waals surface area contributed by atoms with Crippen LogP contribution in [0.15, 0.2) is 29.4 Å². The summed E-state index contributed by atoms with van der Waals surface area (Å²) in [6.07, 6.45) is 1.73. The molecular weight excluding hydrogens is 224 g/mol. The molecule has 1 N–H and O–H groups in total. The van der Waals surface area contributed by atoms with Gasteiger partial charge in [0.2, 0.25) is 0 Å². The van der Waals surface area contributed by atoms with Crippen molar-refractivity contribution in [3.05, 3.63) is 35.1 Å². The fourth-order valence-electron chi connectivity index (χ4n) is 1.08. The molecule has 88 valence electrons. The van der Waals surface area contributed by atoms with E-state index in [-0.39, 0.29) is 0 Å². The van der Waals surface area contributed by atoms with Gasteiger partial charge in [0, 0.05) is 12.1 Å². The first-order chi connectivity index (χ1) is 7.76. The SMILES string of the molecule is CCNCc1ccc(OC/C(C)=C/Cl)cn1. The highest BCUT2D eigenvalue weighted by atomic mass is 35.5. The number of halogens is 1. The molecule has 0 bridgehead atoms. The lowest BCUT2D eigenvalue weighted by atomic mass is 10.3. The van der Waals surface area contributed by atoms with Gasteiger partial charge in [0.1, 0.15) is 12.4 Å². The van der Waals surface area contributed by atoms with Gasteiger partial charge in [-0.05, 0) is 31.2 Å². The van der Waals surface area contributed by atoms with Crippen LogP contribution in [0.4, 0.5) is 0 Å². The van der Waals surface area contributed by atoms with E-state index in [2.05, 4.69) is 17.2 Å². The largest absolute Gasteiger partial charge is 0.488 e. The van der Waals surface area contributed by atoms with Crippen LogP contribution in [0, 0.1) is 0 Å². The van der Waals surface area contributed by atoms with Crippen molar-refractivity contribution >= 4 is 11.6 Å². The summed E-state index contributed by atoms with van der Waals surface area (Å²) in [5, 5.41) is 3.21. The average molecular weight is 241 g/mol. The Morgan fingerprint density at radius 1 is 1.56 bits per heavy atom. The summed E-state index contributed by atoms with van der Waals surface area (Å²) >= 11 is 5.53. The van der Waals surface area contributed by atoms with Gasteiger partial charge in [-0.15, -0.1) is 0 Å². The summed E-state index contributed by atoms with van der Waals surface area (Å²) < 4.78 is 5.48. The Hall–Kier alpha value is -1.06. The van der Waals surface area contributed by atoms with Crippen molar-refractivity contribution in [2.45, 2.75) is 20.4 Å². The molecule has 1 aromatic heterocycles.